The molecule has 0 amide bonds. The summed E-state index contributed by atoms with van der Waals surface area (Å²) in [5, 5.41) is 0. The zero-order valence-electron chi connectivity index (χ0n) is 8.28. The van der Waals surface area contributed by atoms with Gasteiger partial charge < -0.3 is 0 Å². The van der Waals surface area contributed by atoms with Crippen LogP contribution in [0.1, 0.15) is 17.7 Å². The van der Waals surface area contributed by atoms with Crippen molar-refractivity contribution < 1.29 is 0 Å². The van der Waals surface area contributed by atoms with Crippen molar-refractivity contribution in [3.05, 3.63) is 42.0 Å². The molecule has 2 aromatic rings. The van der Waals surface area contributed by atoms with E-state index in [0.717, 1.165) is 0 Å². The first-order valence-corrected chi connectivity index (χ1v) is 7.97. The Morgan fingerprint density at radius 3 is 1.50 bits per heavy atom. The van der Waals surface area contributed by atoms with Crippen molar-refractivity contribution in [2.24, 2.45) is 0 Å². The van der Waals surface area contributed by atoms with Gasteiger partial charge in [-0.2, -0.15) is 0 Å². The van der Waals surface area contributed by atoms with Gasteiger partial charge in [-0.3, -0.25) is 0 Å². The molecule has 0 aliphatic rings. The first kappa shape index (κ1) is 10.3. The van der Waals surface area contributed by atoms with E-state index in [2.05, 4.69) is 50.3 Å². The molecule has 2 rings (SSSR count). The number of hydrogen-bond acceptors (Lipinski definition) is 0. The van der Waals surface area contributed by atoms with Crippen LogP contribution in [0.2, 0.25) is 0 Å². The van der Waals surface area contributed by atoms with Crippen molar-refractivity contribution in [1.29, 1.82) is 0 Å². The van der Waals surface area contributed by atoms with Gasteiger partial charge in [0.05, 0.1) is 0 Å². The molecule has 0 nitrogen and oxygen atoms in total. The molecule has 0 N–H and O–H groups in total. The van der Waals surface area contributed by atoms with Gasteiger partial charge in [-0.15, -0.1) is 0 Å². The van der Waals surface area contributed by atoms with Gasteiger partial charge in [0.2, 0.25) is 0 Å². The van der Waals surface area contributed by atoms with Crippen LogP contribution >= 0.6 is 0 Å². The summed E-state index contributed by atoms with van der Waals surface area (Å²) in [4.78, 5) is 0. The zero-order chi connectivity index (χ0) is 9.97. The molecule has 0 aromatic carbocycles. The Labute approximate surface area is 96.8 Å². The fourth-order valence-corrected chi connectivity index (χ4v) is 4.52. The summed E-state index contributed by atoms with van der Waals surface area (Å²) in [5.41, 5.74) is 0. The molecule has 0 spiro atoms. The summed E-state index contributed by atoms with van der Waals surface area (Å²) < 4.78 is 6.04. The van der Waals surface area contributed by atoms with Gasteiger partial charge in [-0.1, -0.05) is 0 Å². The Hall–Kier alpha value is -0.261. The first-order chi connectivity index (χ1) is 6.74. The van der Waals surface area contributed by atoms with E-state index in [-0.39, 0.29) is 0 Å². The van der Waals surface area contributed by atoms with Gasteiger partial charge in [0.25, 0.3) is 0 Å². The van der Waals surface area contributed by atoms with E-state index in [1.165, 1.54) is 17.7 Å². The standard InChI is InChI=1S/C12H12Se2/c1-9-3-5-11(13-9)7-8-12-6-4-10(2)14-12/h3-8H,1-2H3/b8-7+. The predicted octanol–water partition coefficient (Wildman–Crippen LogP) is 2.59. The third-order valence-electron chi connectivity index (χ3n) is 1.93. The van der Waals surface area contributed by atoms with Crippen molar-refractivity contribution in [2.45, 2.75) is 13.8 Å². The van der Waals surface area contributed by atoms with Crippen LogP contribution in [0.25, 0.3) is 12.2 Å². The van der Waals surface area contributed by atoms with E-state index in [4.69, 9.17) is 0 Å². The van der Waals surface area contributed by atoms with Crippen molar-refractivity contribution in [2.75, 3.05) is 0 Å². The molecule has 0 fully saturated rings. The molecule has 0 bridgehead atoms. The first-order valence-electron chi connectivity index (χ1n) is 4.55. The zero-order valence-corrected chi connectivity index (χ0v) is 11.7. The monoisotopic (exact) mass is 316 g/mol. The summed E-state index contributed by atoms with van der Waals surface area (Å²) in [6, 6.07) is 8.96. The Bertz CT molecular complexity index is 404. The summed E-state index contributed by atoms with van der Waals surface area (Å²) >= 11 is 1.18. The second-order valence-corrected chi connectivity index (χ2v) is 8.77. The van der Waals surface area contributed by atoms with Gasteiger partial charge >= 0.3 is 97.0 Å². The summed E-state index contributed by atoms with van der Waals surface area (Å²) in [6.07, 6.45) is 4.57. The average Bonchev–Trinajstić information content (AvgIpc) is 2.72. The average molecular weight is 314 g/mol. The topological polar surface area (TPSA) is 0 Å². The van der Waals surface area contributed by atoms with Crippen LogP contribution in [0.4, 0.5) is 0 Å². The Kier molecular flexibility index (Phi) is 3.30. The third kappa shape index (κ3) is 2.62. The molecule has 2 heteroatoms. The SMILES string of the molecule is Cc1ccc(/C=C/c2ccc(C)[se]2)[se]1. The van der Waals surface area contributed by atoms with E-state index >= 15 is 0 Å². The number of hydrogen-bond donors (Lipinski definition) is 0. The number of rotatable bonds is 2. The molecule has 2 heterocycles. The van der Waals surface area contributed by atoms with Crippen LogP contribution in [0.3, 0.4) is 0 Å². The van der Waals surface area contributed by atoms with E-state index in [0.29, 0.717) is 29.0 Å². The van der Waals surface area contributed by atoms with Crippen LogP contribution in [0.5, 0.6) is 0 Å². The normalized spacial score (nSPS) is 11.3. The fraction of sp³-hybridized carbons (Fsp3) is 0.167. The molecule has 0 saturated heterocycles. The summed E-state index contributed by atoms with van der Waals surface area (Å²) in [7, 11) is 0. The molecule has 72 valence electrons. The second kappa shape index (κ2) is 4.51. The van der Waals surface area contributed by atoms with Crippen LogP contribution < -0.4 is 0 Å². The minimum absolute atomic E-state index is 0.588. The van der Waals surface area contributed by atoms with Gasteiger partial charge in [-0.25, -0.2) is 0 Å². The van der Waals surface area contributed by atoms with Gasteiger partial charge in [0.15, 0.2) is 0 Å². The van der Waals surface area contributed by atoms with Gasteiger partial charge in [0, 0.05) is 0 Å². The molecular weight excluding hydrogens is 302 g/mol. The predicted molar refractivity (Wildman–Crippen MR) is 65.2 cm³/mol. The Morgan fingerprint density at radius 1 is 0.786 bits per heavy atom. The third-order valence-corrected chi connectivity index (χ3v) is 5.99. The number of aryl methyl sites for hydroxylation is 2. The summed E-state index contributed by atoms with van der Waals surface area (Å²) in [6.45, 7) is 4.42. The van der Waals surface area contributed by atoms with Crippen LogP contribution in [0, 0.1) is 13.8 Å². The molecule has 0 unspecified atom stereocenters. The van der Waals surface area contributed by atoms with E-state index < -0.39 is 0 Å². The Morgan fingerprint density at radius 2 is 1.21 bits per heavy atom. The molecule has 0 aliphatic heterocycles. The molecule has 2 aromatic heterocycles. The molecule has 0 radical (unpaired) electrons. The molecular formula is C12H12Se2. The maximum atomic E-state index is 2.28. The second-order valence-electron chi connectivity index (χ2n) is 3.23. The van der Waals surface area contributed by atoms with Crippen LogP contribution in [0.15, 0.2) is 24.3 Å². The molecule has 0 saturated carbocycles. The molecule has 0 aliphatic carbocycles. The van der Waals surface area contributed by atoms with Crippen molar-refractivity contribution >= 4 is 41.2 Å². The summed E-state index contributed by atoms with van der Waals surface area (Å²) in [5.74, 6) is 0. The molecule has 0 atom stereocenters. The van der Waals surface area contributed by atoms with Crippen LogP contribution in [-0.2, 0) is 0 Å². The van der Waals surface area contributed by atoms with E-state index in [1.54, 1.807) is 0 Å². The van der Waals surface area contributed by atoms with E-state index in [9.17, 15) is 0 Å². The van der Waals surface area contributed by atoms with Crippen LogP contribution in [-0.4, -0.2) is 29.0 Å². The minimum atomic E-state index is 0.588. The maximum absolute atomic E-state index is 2.28. The fourth-order valence-electron chi connectivity index (χ4n) is 1.25. The van der Waals surface area contributed by atoms with Gasteiger partial charge in [-0.05, 0) is 0 Å². The Balaban J connectivity index is 2.14. The van der Waals surface area contributed by atoms with Crippen molar-refractivity contribution in [1.82, 2.24) is 0 Å². The van der Waals surface area contributed by atoms with Crippen molar-refractivity contribution in [3.8, 4) is 0 Å². The van der Waals surface area contributed by atoms with Crippen molar-refractivity contribution in [3.63, 3.8) is 0 Å². The quantitative estimate of drug-likeness (QED) is 0.748. The molecule has 14 heavy (non-hydrogen) atoms. The van der Waals surface area contributed by atoms with Gasteiger partial charge in [0.1, 0.15) is 0 Å². The van der Waals surface area contributed by atoms with E-state index in [1.807, 2.05) is 0 Å².